The van der Waals surface area contributed by atoms with Crippen LogP contribution in [0, 0.1) is 0 Å². The van der Waals surface area contributed by atoms with Gasteiger partial charge in [-0.05, 0) is 37.6 Å². The van der Waals surface area contributed by atoms with Gasteiger partial charge in [-0.2, -0.15) is 0 Å². The summed E-state index contributed by atoms with van der Waals surface area (Å²) in [6, 6.07) is 7.60. The summed E-state index contributed by atoms with van der Waals surface area (Å²) in [5, 5.41) is 0. The fourth-order valence-corrected chi connectivity index (χ4v) is 3.85. The van der Waals surface area contributed by atoms with Gasteiger partial charge in [-0.25, -0.2) is 0 Å². The molecule has 0 radical (unpaired) electrons. The highest BCUT2D eigenvalue weighted by Crippen LogP contribution is 2.18. The molecule has 2 saturated heterocycles. The number of para-hydroxylation sites is 1. The lowest BCUT2D eigenvalue weighted by Crippen LogP contribution is -2.59. The third-order valence-corrected chi connectivity index (χ3v) is 5.31. The Morgan fingerprint density at radius 1 is 1.12 bits per heavy atom. The largest absolute Gasteiger partial charge is 0.398 e. The number of nitrogen functional groups attached to an aromatic ring is 1. The highest BCUT2D eigenvalue weighted by Gasteiger charge is 2.33. The Balaban J connectivity index is 1.70. The number of hydrogen-bond donors (Lipinski definition) is 1. The summed E-state index contributed by atoms with van der Waals surface area (Å²) < 4.78 is 0. The van der Waals surface area contributed by atoms with Crippen LogP contribution in [0.25, 0.3) is 0 Å². The standard InChI is InChI=1S/C19H28N4O2/c1-15(24)22-10-11-23(17(14-22)13-21-8-4-5-9-21)19(25)12-16-6-2-3-7-18(16)20/h2-3,6-7,17H,4-5,8-14,20H2,1H3/t17-/m0/s1. The number of carbonyl (C=O) groups excluding carboxylic acids is 2. The summed E-state index contributed by atoms with van der Waals surface area (Å²) in [6.07, 6.45) is 2.76. The second-order valence-electron chi connectivity index (χ2n) is 7.09. The van der Waals surface area contributed by atoms with Crippen LogP contribution in [-0.4, -0.2) is 71.8 Å². The van der Waals surface area contributed by atoms with E-state index >= 15 is 0 Å². The highest BCUT2D eigenvalue weighted by atomic mass is 16.2. The first kappa shape index (κ1) is 17.7. The van der Waals surface area contributed by atoms with Gasteiger partial charge in [-0.15, -0.1) is 0 Å². The fraction of sp³-hybridized carbons (Fsp3) is 0.579. The van der Waals surface area contributed by atoms with E-state index in [2.05, 4.69) is 4.90 Å². The molecule has 2 amide bonds. The van der Waals surface area contributed by atoms with E-state index in [4.69, 9.17) is 5.73 Å². The van der Waals surface area contributed by atoms with E-state index in [0.29, 0.717) is 31.7 Å². The quantitative estimate of drug-likeness (QED) is 0.826. The van der Waals surface area contributed by atoms with E-state index in [1.54, 1.807) is 6.92 Å². The average Bonchev–Trinajstić information content (AvgIpc) is 3.09. The summed E-state index contributed by atoms with van der Waals surface area (Å²) >= 11 is 0. The molecule has 6 nitrogen and oxygen atoms in total. The molecule has 0 aliphatic carbocycles. The smallest absolute Gasteiger partial charge is 0.227 e. The third-order valence-electron chi connectivity index (χ3n) is 5.31. The molecule has 0 saturated carbocycles. The van der Waals surface area contributed by atoms with Gasteiger partial charge in [0.25, 0.3) is 0 Å². The van der Waals surface area contributed by atoms with E-state index in [-0.39, 0.29) is 17.9 Å². The Morgan fingerprint density at radius 3 is 2.52 bits per heavy atom. The molecule has 1 aromatic rings. The van der Waals surface area contributed by atoms with E-state index in [9.17, 15) is 9.59 Å². The summed E-state index contributed by atoms with van der Waals surface area (Å²) in [6.45, 7) is 6.47. The lowest BCUT2D eigenvalue weighted by molar-refractivity contribution is -0.142. The van der Waals surface area contributed by atoms with Gasteiger partial charge in [-0.1, -0.05) is 18.2 Å². The van der Waals surface area contributed by atoms with Crippen molar-refractivity contribution in [1.29, 1.82) is 0 Å². The van der Waals surface area contributed by atoms with Crippen molar-refractivity contribution in [1.82, 2.24) is 14.7 Å². The lowest BCUT2D eigenvalue weighted by Gasteiger charge is -2.42. The van der Waals surface area contributed by atoms with Crippen molar-refractivity contribution in [2.24, 2.45) is 0 Å². The Kier molecular flexibility index (Phi) is 5.58. The number of rotatable bonds is 4. The summed E-state index contributed by atoms with van der Waals surface area (Å²) in [5.41, 5.74) is 7.53. The van der Waals surface area contributed by atoms with Crippen molar-refractivity contribution in [3.63, 3.8) is 0 Å². The SMILES string of the molecule is CC(=O)N1CCN(C(=O)Cc2ccccc2N)[C@@H](CN2CCCC2)C1. The molecule has 1 atom stereocenters. The molecule has 0 unspecified atom stereocenters. The second-order valence-corrected chi connectivity index (χ2v) is 7.09. The first-order valence-corrected chi connectivity index (χ1v) is 9.15. The zero-order chi connectivity index (χ0) is 17.8. The lowest BCUT2D eigenvalue weighted by atomic mass is 10.1. The van der Waals surface area contributed by atoms with Gasteiger partial charge >= 0.3 is 0 Å². The molecule has 3 rings (SSSR count). The number of nitrogens with zero attached hydrogens (tertiary/aromatic N) is 3. The van der Waals surface area contributed by atoms with Gasteiger partial charge in [0.1, 0.15) is 0 Å². The summed E-state index contributed by atoms with van der Waals surface area (Å²) in [5.74, 6) is 0.191. The molecule has 0 spiro atoms. The average molecular weight is 344 g/mol. The fourth-order valence-electron chi connectivity index (χ4n) is 3.85. The van der Waals surface area contributed by atoms with Crippen LogP contribution >= 0.6 is 0 Å². The maximum atomic E-state index is 12.9. The first-order valence-electron chi connectivity index (χ1n) is 9.15. The molecule has 1 aromatic carbocycles. The number of carbonyl (C=O) groups is 2. The van der Waals surface area contributed by atoms with Crippen LogP contribution in [0.3, 0.4) is 0 Å². The normalized spacial score (nSPS) is 21.6. The molecule has 0 aromatic heterocycles. The molecule has 2 N–H and O–H groups in total. The van der Waals surface area contributed by atoms with Crippen LogP contribution in [0.15, 0.2) is 24.3 Å². The first-order chi connectivity index (χ1) is 12.0. The number of benzene rings is 1. The van der Waals surface area contributed by atoms with Crippen molar-refractivity contribution < 1.29 is 9.59 Å². The number of hydrogen-bond acceptors (Lipinski definition) is 4. The number of anilines is 1. The molecule has 6 heteroatoms. The minimum atomic E-state index is 0.0631. The maximum Gasteiger partial charge on any atom is 0.227 e. The highest BCUT2D eigenvalue weighted by molar-refractivity contribution is 5.81. The van der Waals surface area contributed by atoms with E-state index in [1.807, 2.05) is 34.1 Å². The Labute approximate surface area is 149 Å². The third kappa shape index (κ3) is 4.31. The van der Waals surface area contributed by atoms with Crippen molar-refractivity contribution in [3.05, 3.63) is 29.8 Å². The number of piperazine rings is 1. The molecule has 2 aliphatic rings. The van der Waals surface area contributed by atoms with Gasteiger partial charge in [0, 0.05) is 38.8 Å². The second kappa shape index (κ2) is 7.87. The minimum absolute atomic E-state index is 0.0631. The molecule has 2 heterocycles. The Bertz CT molecular complexity index is 628. The minimum Gasteiger partial charge on any atom is -0.398 e. The predicted octanol–water partition coefficient (Wildman–Crippen LogP) is 0.966. The molecule has 25 heavy (non-hydrogen) atoms. The van der Waals surface area contributed by atoms with Crippen LogP contribution in [0.1, 0.15) is 25.3 Å². The molecule has 136 valence electrons. The Hall–Kier alpha value is -2.08. The Morgan fingerprint density at radius 2 is 1.84 bits per heavy atom. The van der Waals surface area contributed by atoms with Gasteiger partial charge in [0.15, 0.2) is 0 Å². The number of amides is 2. The molecular weight excluding hydrogens is 316 g/mol. The maximum absolute atomic E-state index is 12.9. The number of nitrogens with two attached hydrogens (primary N) is 1. The van der Waals surface area contributed by atoms with Gasteiger partial charge < -0.3 is 20.4 Å². The van der Waals surface area contributed by atoms with Crippen LogP contribution in [0.5, 0.6) is 0 Å². The van der Waals surface area contributed by atoms with Crippen LogP contribution in [0.4, 0.5) is 5.69 Å². The van der Waals surface area contributed by atoms with Gasteiger partial charge in [-0.3, -0.25) is 9.59 Å². The molecule has 2 aliphatic heterocycles. The topological polar surface area (TPSA) is 69.9 Å². The van der Waals surface area contributed by atoms with Crippen LogP contribution < -0.4 is 5.73 Å². The zero-order valence-electron chi connectivity index (χ0n) is 15.0. The van der Waals surface area contributed by atoms with Crippen molar-refractivity contribution in [2.75, 3.05) is 45.0 Å². The van der Waals surface area contributed by atoms with Crippen molar-refractivity contribution >= 4 is 17.5 Å². The predicted molar refractivity (Wildman–Crippen MR) is 98.0 cm³/mol. The summed E-state index contributed by atoms with van der Waals surface area (Å²) in [4.78, 5) is 30.9. The summed E-state index contributed by atoms with van der Waals surface area (Å²) in [7, 11) is 0. The van der Waals surface area contributed by atoms with E-state index < -0.39 is 0 Å². The zero-order valence-corrected chi connectivity index (χ0v) is 15.0. The monoisotopic (exact) mass is 344 g/mol. The molecule has 0 bridgehead atoms. The van der Waals surface area contributed by atoms with E-state index in [1.165, 1.54) is 12.8 Å². The molecule has 2 fully saturated rings. The van der Waals surface area contributed by atoms with E-state index in [0.717, 1.165) is 25.2 Å². The van der Waals surface area contributed by atoms with Crippen LogP contribution in [0.2, 0.25) is 0 Å². The molecular formula is C19H28N4O2. The van der Waals surface area contributed by atoms with Crippen molar-refractivity contribution in [2.45, 2.75) is 32.2 Å². The van der Waals surface area contributed by atoms with Gasteiger partial charge in [0.2, 0.25) is 11.8 Å². The van der Waals surface area contributed by atoms with Gasteiger partial charge in [0.05, 0.1) is 12.5 Å². The number of likely N-dealkylation sites (tertiary alicyclic amines) is 1. The van der Waals surface area contributed by atoms with Crippen LogP contribution in [-0.2, 0) is 16.0 Å². The van der Waals surface area contributed by atoms with Crippen molar-refractivity contribution in [3.8, 4) is 0 Å².